The monoisotopic (exact) mass is 276 g/mol. The summed E-state index contributed by atoms with van der Waals surface area (Å²) in [6.07, 6.45) is 6.57. The number of anilines is 2. The van der Waals surface area contributed by atoms with Crippen molar-refractivity contribution in [1.29, 1.82) is 0 Å². The zero-order valence-corrected chi connectivity index (χ0v) is 11.8. The maximum atomic E-state index is 10.8. The molecule has 0 saturated heterocycles. The second-order valence-corrected chi connectivity index (χ2v) is 4.47. The van der Waals surface area contributed by atoms with Gasteiger partial charge >= 0.3 is 0 Å². The standard InChI is InChI=1S/C13H20N6O/c1-3-4-15-11-9-19-8-7-17-13(19)12(18-11)16-6-5-14-10(2)20/h7-9,15H,3-6H2,1-2H3,(H,14,20)(H,16,18). The summed E-state index contributed by atoms with van der Waals surface area (Å²) >= 11 is 0. The zero-order chi connectivity index (χ0) is 14.4. The van der Waals surface area contributed by atoms with Crippen LogP contribution in [0.2, 0.25) is 0 Å². The first-order valence-electron chi connectivity index (χ1n) is 6.76. The molecule has 0 radical (unpaired) electrons. The highest BCUT2D eigenvalue weighted by Crippen LogP contribution is 2.15. The Kier molecular flexibility index (Phi) is 4.75. The van der Waals surface area contributed by atoms with Gasteiger partial charge in [-0.15, -0.1) is 0 Å². The highest BCUT2D eigenvalue weighted by atomic mass is 16.1. The van der Waals surface area contributed by atoms with Crippen LogP contribution in [0.1, 0.15) is 20.3 Å². The molecular weight excluding hydrogens is 256 g/mol. The van der Waals surface area contributed by atoms with Crippen molar-refractivity contribution in [2.24, 2.45) is 0 Å². The number of nitrogens with zero attached hydrogens (tertiary/aromatic N) is 3. The fraction of sp³-hybridized carbons (Fsp3) is 0.462. The van der Waals surface area contributed by atoms with Gasteiger partial charge in [-0.3, -0.25) is 4.79 Å². The number of amides is 1. The summed E-state index contributed by atoms with van der Waals surface area (Å²) in [4.78, 5) is 19.6. The number of carbonyl (C=O) groups excluding carboxylic acids is 1. The van der Waals surface area contributed by atoms with E-state index in [0.29, 0.717) is 18.9 Å². The van der Waals surface area contributed by atoms with E-state index in [1.165, 1.54) is 6.92 Å². The van der Waals surface area contributed by atoms with Crippen LogP contribution >= 0.6 is 0 Å². The Morgan fingerprint density at radius 3 is 2.90 bits per heavy atom. The minimum atomic E-state index is -0.0379. The van der Waals surface area contributed by atoms with Gasteiger partial charge in [0, 0.05) is 39.0 Å². The average molecular weight is 276 g/mol. The largest absolute Gasteiger partial charge is 0.369 e. The minimum absolute atomic E-state index is 0.0379. The number of hydrogen-bond acceptors (Lipinski definition) is 5. The highest BCUT2D eigenvalue weighted by Gasteiger charge is 2.06. The van der Waals surface area contributed by atoms with Crippen molar-refractivity contribution >= 4 is 23.2 Å². The molecule has 0 fully saturated rings. The Morgan fingerprint density at radius 2 is 2.15 bits per heavy atom. The molecule has 0 aliphatic rings. The smallest absolute Gasteiger partial charge is 0.216 e. The quantitative estimate of drug-likeness (QED) is 0.660. The molecular formula is C13H20N6O. The molecule has 2 heterocycles. The lowest BCUT2D eigenvalue weighted by molar-refractivity contribution is -0.118. The molecule has 0 unspecified atom stereocenters. The third kappa shape index (κ3) is 3.59. The molecule has 0 bridgehead atoms. The fourth-order valence-electron chi connectivity index (χ4n) is 1.81. The first kappa shape index (κ1) is 14.1. The molecule has 1 amide bonds. The second kappa shape index (κ2) is 6.74. The Bertz CT molecular complexity index is 579. The van der Waals surface area contributed by atoms with Gasteiger partial charge in [0.2, 0.25) is 5.91 Å². The first-order chi connectivity index (χ1) is 9.70. The van der Waals surface area contributed by atoms with Gasteiger partial charge in [0.1, 0.15) is 5.82 Å². The highest BCUT2D eigenvalue weighted by molar-refractivity contribution is 5.72. The molecule has 0 aliphatic heterocycles. The lowest BCUT2D eigenvalue weighted by atomic mass is 10.4. The molecule has 7 nitrogen and oxygen atoms in total. The van der Waals surface area contributed by atoms with Crippen LogP contribution in [0, 0.1) is 0 Å². The Labute approximate surface area is 117 Å². The topological polar surface area (TPSA) is 83.4 Å². The molecule has 2 rings (SSSR count). The summed E-state index contributed by atoms with van der Waals surface area (Å²) in [5.74, 6) is 1.48. The van der Waals surface area contributed by atoms with E-state index >= 15 is 0 Å². The van der Waals surface area contributed by atoms with Gasteiger partial charge in [-0.25, -0.2) is 9.97 Å². The summed E-state index contributed by atoms with van der Waals surface area (Å²) in [5.41, 5.74) is 0.773. The third-order valence-corrected chi connectivity index (χ3v) is 2.72. The molecule has 2 aromatic rings. The van der Waals surface area contributed by atoms with Crippen LogP contribution in [0.15, 0.2) is 18.6 Å². The summed E-state index contributed by atoms with van der Waals surface area (Å²) in [6, 6.07) is 0. The first-order valence-corrected chi connectivity index (χ1v) is 6.76. The molecule has 108 valence electrons. The second-order valence-electron chi connectivity index (χ2n) is 4.47. The van der Waals surface area contributed by atoms with E-state index in [-0.39, 0.29) is 5.91 Å². The summed E-state index contributed by atoms with van der Waals surface area (Å²) in [5, 5.41) is 9.19. The van der Waals surface area contributed by atoms with E-state index in [0.717, 1.165) is 24.4 Å². The molecule has 0 aliphatic carbocycles. The number of imidazole rings is 1. The predicted molar refractivity (Wildman–Crippen MR) is 78.9 cm³/mol. The number of carbonyl (C=O) groups is 1. The molecule has 7 heteroatoms. The van der Waals surface area contributed by atoms with Gasteiger partial charge < -0.3 is 20.4 Å². The Balaban J connectivity index is 2.08. The van der Waals surface area contributed by atoms with Crippen LogP contribution in [0.5, 0.6) is 0 Å². The van der Waals surface area contributed by atoms with Gasteiger partial charge in [0.05, 0.1) is 6.20 Å². The molecule has 0 spiro atoms. The molecule has 0 atom stereocenters. The lowest BCUT2D eigenvalue weighted by Crippen LogP contribution is -2.26. The molecule has 3 N–H and O–H groups in total. The van der Waals surface area contributed by atoms with Crippen molar-refractivity contribution in [3.05, 3.63) is 18.6 Å². The van der Waals surface area contributed by atoms with Crippen molar-refractivity contribution < 1.29 is 4.79 Å². The van der Waals surface area contributed by atoms with Crippen LogP contribution in [0.4, 0.5) is 11.6 Å². The predicted octanol–water partition coefficient (Wildman–Crippen LogP) is 1.10. The Hall–Kier alpha value is -2.31. The van der Waals surface area contributed by atoms with Crippen molar-refractivity contribution in [2.45, 2.75) is 20.3 Å². The molecule has 0 saturated carbocycles. The van der Waals surface area contributed by atoms with Gasteiger partial charge in [-0.1, -0.05) is 6.92 Å². The van der Waals surface area contributed by atoms with E-state index in [9.17, 15) is 4.79 Å². The van der Waals surface area contributed by atoms with E-state index in [2.05, 4.69) is 32.8 Å². The van der Waals surface area contributed by atoms with Crippen molar-refractivity contribution in [2.75, 3.05) is 30.3 Å². The van der Waals surface area contributed by atoms with Crippen molar-refractivity contribution in [3.8, 4) is 0 Å². The van der Waals surface area contributed by atoms with Gasteiger partial charge in [0.15, 0.2) is 11.5 Å². The SMILES string of the molecule is CCCNc1cn2ccnc2c(NCCNC(C)=O)n1. The normalized spacial score (nSPS) is 10.5. The Morgan fingerprint density at radius 1 is 1.30 bits per heavy atom. The van der Waals surface area contributed by atoms with Gasteiger partial charge in [0.25, 0.3) is 0 Å². The number of aromatic nitrogens is 3. The number of hydrogen-bond donors (Lipinski definition) is 3. The van der Waals surface area contributed by atoms with E-state index < -0.39 is 0 Å². The lowest BCUT2D eigenvalue weighted by Gasteiger charge is -2.10. The molecule has 0 aromatic carbocycles. The average Bonchev–Trinajstić information content (AvgIpc) is 2.89. The number of fused-ring (bicyclic) bond motifs is 1. The van der Waals surface area contributed by atoms with E-state index in [1.54, 1.807) is 6.20 Å². The van der Waals surface area contributed by atoms with Crippen LogP contribution in [0.3, 0.4) is 0 Å². The summed E-state index contributed by atoms with van der Waals surface area (Å²) in [7, 11) is 0. The van der Waals surface area contributed by atoms with Gasteiger partial charge in [-0.05, 0) is 6.42 Å². The van der Waals surface area contributed by atoms with Crippen molar-refractivity contribution in [1.82, 2.24) is 19.7 Å². The summed E-state index contributed by atoms with van der Waals surface area (Å²) in [6.45, 7) is 5.64. The summed E-state index contributed by atoms with van der Waals surface area (Å²) < 4.78 is 1.92. The number of rotatable bonds is 7. The van der Waals surface area contributed by atoms with Crippen LogP contribution in [0.25, 0.3) is 5.65 Å². The fourth-order valence-corrected chi connectivity index (χ4v) is 1.81. The molecule has 20 heavy (non-hydrogen) atoms. The van der Waals surface area contributed by atoms with Crippen LogP contribution in [-0.2, 0) is 4.79 Å². The zero-order valence-electron chi connectivity index (χ0n) is 11.8. The third-order valence-electron chi connectivity index (χ3n) is 2.72. The van der Waals surface area contributed by atoms with Crippen LogP contribution < -0.4 is 16.0 Å². The van der Waals surface area contributed by atoms with E-state index in [4.69, 9.17) is 0 Å². The maximum absolute atomic E-state index is 10.8. The van der Waals surface area contributed by atoms with Crippen molar-refractivity contribution in [3.63, 3.8) is 0 Å². The van der Waals surface area contributed by atoms with Gasteiger partial charge in [-0.2, -0.15) is 0 Å². The number of nitrogens with one attached hydrogen (secondary N) is 3. The van der Waals surface area contributed by atoms with E-state index in [1.807, 2.05) is 16.8 Å². The minimum Gasteiger partial charge on any atom is -0.369 e. The maximum Gasteiger partial charge on any atom is 0.216 e. The van der Waals surface area contributed by atoms with Crippen LogP contribution in [-0.4, -0.2) is 39.9 Å². The molecule has 2 aromatic heterocycles.